The van der Waals surface area contributed by atoms with E-state index in [0.29, 0.717) is 10.3 Å². The number of amides is 4. The van der Waals surface area contributed by atoms with Crippen LogP contribution in [0.15, 0.2) is 0 Å². The number of nitrogens with zero attached hydrogens (tertiary/aromatic N) is 6. The molecule has 2 rings (SSSR count). The fourth-order valence-corrected chi connectivity index (χ4v) is 3.54. The largest absolute Gasteiger partial charge is 0.478 e. The van der Waals surface area contributed by atoms with Crippen molar-refractivity contribution in [3.8, 4) is 0 Å². The number of alkyl halides is 3. The highest BCUT2D eigenvalue weighted by Crippen LogP contribution is 2.30. The number of carbonyl (C=O) groups is 3. The zero-order valence-corrected chi connectivity index (χ0v) is 26.2. The van der Waals surface area contributed by atoms with Crippen LogP contribution >= 0.6 is 57.5 Å². The fraction of sp³-hybridized carbons (Fsp3) is 0.650. The second-order valence-corrected chi connectivity index (χ2v) is 13.5. The van der Waals surface area contributed by atoms with Crippen LogP contribution in [-0.2, 0) is 15.6 Å². The fourth-order valence-electron chi connectivity index (χ4n) is 1.82. The first-order chi connectivity index (χ1) is 16.7. The summed E-state index contributed by atoms with van der Waals surface area (Å²) in [4.78, 5) is 35.2. The predicted octanol–water partition coefficient (Wildman–Crippen LogP) is 4.66. The zero-order chi connectivity index (χ0) is 29.4. The van der Waals surface area contributed by atoms with Gasteiger partial charge in [-0.2, -0.15) is 0 Å². The van der Waals surface area contributed by atoms with Crippen molar-refractivity contribution in [1.82, 2.24) is 31.0 Å². The molecule has 0 aliphatic carbocycles. The monoisotopic (exact) mass is 618 g/mol. The number of carbonyl (C=O) groups excluding carboxylic acids is 2. The molecule has 0 saturated carbocycles. The van der Waals surface area contributed by atoms with Crippen LogP contribution in [0, 0.1) is 0 Å². The minimum atomic E-state index is -2.17. The highest BCUT2D eigenvalue weighted by molar-refractivity contribution is 7.15. The molecule has 0 unspecified atom stereocenters. The van der Waals surface area contributed by atoms with Crippen LogP contribution in [0.2, 0.25) is 0 Å². The molecule has 2 aromatic rings. The summed E-state index contributed by atoms with van der Waals surface area (Å²) < 4.78 is -2.17. The third-order valence-electron chi connectivity index (χ3n) is 3.97. The topological polar surface area (TPSA) is 154 Å². The van der Waals surface area contributed by atoms with E-state index >= 15 is 0 Å². The van der Waals surface area contributed by atoms with E-state index in [-0.39, 0.29) is 22.9 Å². The van der Waals surface area contributed by atoms with Crippen LogP contribution in [0.4, 0.5) is 19.9 Å². The number of carboxylic acid groups (broad SMARTS) is 1. The lowest BCUT2D eigenvalue weighted by Gasteiger charge is -2.13. The van der Waals surface area contributed by atoms with Gasteiger partial charge in [-0.1, -0.05) is 99.0 Å². The van der Waals surface area contributed by atoms with Crippen LogP contribution in [-0.4, -0.2) is 75.5 Å². The first-order valence-electron chi connectivity index (χ1n) is 10.6. The Balaban J connectivity index is 0.000000563. The quantitative estimate of drug-likeness (QED) is 0.410. The van der Waals surface area contributed by atoms with Gasteiger partial charge in [0.1, 0.15) is 10.0 Å². The van der Waals surface area contributed by atoms with Crippen molar-refractivity contribution in [1.29, 1.82) is 0 Å². The number of anilines is 2. The Morgan fingerprint density at radius 1 is 0.730 bits per heavy atom. The summed E-state index contributed by atoms with van der Waals surface area (Å²) in [6.07, 6.45) is 0. The van der Waals surface area contributed by atoms with E-state index in [2.05, 4.69) is 72.6 Å². The minimum absolute atomic E-state index is 0.0283. The average molecular weight is 620 g/mol. The van der Waals surface area contributed by atoms with E-state index in [1.165, 1.54) is 32.5 Å². The molecule has 0 fully saturated rings. The van der Waals surface area contributed by atoms with Crippen molar-refractivity contribution >= 4 is 85.8 Å². The molecule has 210 valence electrons. The minimum Gasteiger partial charge on any atom is -0.478 e. The van der Waals surface area contributed by atoms with Gasteiger partial charge in [-0.25, -0.2) is 14.4 Å². The highest BCUT2D eigenvalue weighted by Gasteiger charge is 2.29. The van der Waals surface area contributed by atoms with E-state index in [9.17, 15) is 14.4 Å². The number of hydrogen-bond donors (Lipinski definition) is 3. The van der Waals surface area contributed by atoms with E-state index in [1.807, 2.05) is 0 Å². The summed E-state index contributed by atoms with van der Waals surface area (Å²) >= 11 is 17.3. The number of carboxylic acids is 1. The number of hydrogen-bond acceptors (Lipinski definition) is 9. The number of urea groups is 2. The molecule has 17 heteroatoms. The van der Waals surface area contributed by atoms with E-state index in [4.69, 9.17) is 39.9 Å². The van der Waals surface area contributed by atoms with E-state index < -0.39 is 9.76 Å². The molecular formula is C20H33Cl3N8O4S2. The number of aromatic nitrogens is 4. The summed E-state index contributed by atoms with van der Waals surface area (Å²) in [5.41, 5.74) is -0.0567. The summed E-state index contributed by atoms with van der Waals surface area (Å²) in [6.45, 7) is 12.4. The van der Waals surface area contributed by atoms with Gasteiger partial charge in [0, 0.05) is 39.0 Å². The van der Waals surface area contributed by atoms with Gasteiger partial charge in [-0.3, -0.25) is 9.80 Å². The summed E-state index contributed by atoms with van der Waals surface area (Å²) in [5.74, 6) is -1.46. The SMILES string of the molecule is CNC(=O)N(C)c1nnc(C(C)(C)C)s1.CNC(=O)N(C)c1nnc(C(C)(C)C)s1.O=C(O)C(Cl)(Cl)Cl. The molecule has 0 aliphatic rings. The number of rotatable bonds is 2. The molecule has 0 radical (unpaired) electrons. The highest BCUT2D eigenvalue weighted by atomic mass is 35.6. The van der Waals surface area contributed by atoms with Gasteiger partial charge in [-0.05, 0) is 0 Å². The van der Waals surface area contributed by atoms with Crippen molar-refractivity contribution in [2.24, 2.45) is 0 Å². The van der Waals surface area contributed by atoms with Crippen LogP contribution < -0.4 is 20.4 Å². The van der Waals surface area contributed by atoms with Crippen LogP contribution in [0.25, 0.3) is 0 Å². The molecule has 0 aromatic carbocycles. The van der Waals surface area contributed by atoms with Crippen LogP contribution in [0.3, 0.4) is 0 Å². The molecule has 4 amide bonds. The maximum Gasteiger partial charge on any atom is 0.356 e. The van der Waals surface area contributed by atoms with E-state index in [1.54, 1.807) is 28.2 Å². The Morgan fingerprint density at radius 2 is 1.00 bits per heavy atom. The van der Waals surface area contributed by atoms with Gasteiger partial charge in [-0.15, -0.1) is 20.4 Å². The lowest BCUT2D eigenvalue weighted by molar-refractivity contribution is -0.135. The molecular weight excluding hydrogens is 587 g/mol. The Labute approximate surface area is 239 Å². The number of aliphatic carboxylic acids is 1. The van der Waals surface area contributed by atoms with Gasteiger partial charge in [0.05, 0.1) is 0 Å². The number of halogens is 3. The van der Waals surface area contributed by atoms with Crippen molar-refractivity contribution in [3.63, 3.8) is 0 Å². The maximum atomic E-state index is 11.3. The zero-order valence-electron chi connectivity index (χ0n) is 22.3. The van der Waals surface area contributed by atoms with Crippen molar-refractivity contribution in [2.45, 2.75) is 56.2 Å². The first-order valence-corrected chi connectivity index (χ1v) is 13.3. The molecule has 2 aromatic heterocycles. The second-order valence-electron chi connectivity index (χ2n) is 9.31. The molecule has 0 atom stereocenters. The van der Waals surface area contributed by atoms with Crippen molar-refractivity contribution < 1.29 is 19.5 Å². The normalized spacial score (nSPS) is 11.3. The summed E-state index contributed by atoms with van der Waals surface area (Å²) in [7, 11) is 6.52. The molecule has 0 aliphatic heterocycles. The molecule has 2 heterocycles. The maximum absolute atomic E-state index is 11.3. The average Bonchev–Trinajstić information content (AvgIpc) is 3.47. The molecule has 0 spiro atoms. The second kappa shape index (κ2) is 14.2. The first kappa shape index (κ1) is 35.0. The van der Waals surface area contributed by atoms with Gasteiger partial charge >= 0.3 is 18.0 Å². The Kier molecular flexibility index (Phi) is 13.5. The summed E-state index contributed by atoms with van der Waals surface area (Å²) in [6, 6.07) is -0.377. The van der Waals surface area contributed by atoms with Crippen LogP contribution in [0.1, 0.15) is 51.6 Å². The molecule has 12 nitrogen and oxygen atoms in total. The Morgan fingerprint density at radius 3 is 1.16 bits per heavy atom. The van der Waals surface area contributed by atoms with Gasteiger partial charge in [0.2, 0.25) is 10.3 Å². The summed E-state index contributed by atoms with van der Waals surface area (Å²) in [5, 5.41) is 32.1. The molecule has 37 heavy (non-hydrogen) atoms. The van der Waals surface area contributed by atoms with Gasteiger partial charge < -0.3 is 15.7 Å². The third-order valence-corrected chi connectivity index (χ3v) is 7.30. The lowest BCUT2D eigenvalue weighted by atomic mass is 9.98. The van der Waals surface area contributed by atoms with E-state index in [0.717, 1.165) is 10.0 Å². The third kappa shape index (κ3) is 11.9. The molecule has 0 bridgehead atoms. The smallest absolute Gasteiger partial charge is 0.356 e. The van der Waals surface area contributed by atoms with Crippen LogP contribution in [0.5, 0.6) is 0 Å². The van der Waals surface area contributed by atoms with Crippen molar-refractivity contribution in [2.75, 3.05) is 38.0 Å². The Bertz CT molecular complexity index is 975. The number of nitrogens with one attached hydrogen (secondary N) is 2. The van der Waals surface area contributed by atoms with Gasteiger partial charge in [0.15, 0.2) is 0 Å². The molecule has 3 N–H and O–H groups in total. The molecule has 0 saturated heterocycles. The predicted molar refractivity (Wildman–Crippen MR) is 151 cm³/mol. The van der Waals surface area contributed by atoms with Gasteiger partial charge in [0.25, 0.3) is 3.79 Å². The standard InChI is InChI=1S/2C9H16N4OS.C2HCl3O2/c2*1-9(2,3)6-11-12-8(15-6)13(5)7(14)10-4;3-2(4,5)1(6)7/h2*1-5H3,(H,10,14);(H,6,7). The lowest BCUT2D eigenvalue weighted by Crippen LogP contribution is -2.34. The van der Waals surface area contributed by atoms with Crippen molar-refractivity contribution in [3.05, 3.63) is 10.0 Å². The Hall–Kier alpha value is -2.00.